The quantitative estimate of drug-likeness (QED) is 0.656. The van der Waals surface area contributed by atoms with Crippen LogP contribution in [0.15, 0.2) is 12.1 Å². The maximum Gasteiger partial charge on any atom is 0.269 e. The van der Waals surface area contributed by atoms with Crippen molar-refractivity contribution in [1.82, 2.24) is 10.3 Å². The van der Waals surface area contributed by atoms with E-state index < -0.39 is 0 Å². The molecule has 0 radical (unpaired) electrons. The molecule has 1 aromatic heterocycles. The van der Waals surface area contributed by atoms with Crippen molar-refractivity contribution in [3.8, 4) is 0 Å². The summed E-state index contributed by atoms with van der Waals surface area (Å²) >= 11 is 0. The molecule has 0 aromatic carbocycles. The van der Waals surface area contributed by atoms with Crippen LogP contribution in [0.25, 0.3) is 0 Å². The third-order valence-corrected chi connectivity index (χ3v) is 7.23. The molecule has 160 valence electrons. The zero-order valence-electron chi connectivity index (χ0n) is 18.9. The highest BCUT2D eigenvalue weighted by Gasteiger charge is 2.28. The standard InChI is InChI=1S/C25H41BN2O/c1-20-16-17-22(21-14-10-11-15-21)27-23(20)24(29)28-25(26)18-12-8-6-4-2-3-5-7-9-13-19-25/h16-17,21H,2-15,18-19,26H2,1H3,(H,28,29). The first kappa shape index (κ1) is 22.4. The molecule has 1 aromatic rings. The lowest BCUT2D eigenvalue weighted by molar-refractivity contribution is 0.0913. The molecule has 2 saturated carbocycles. The van der Waals surface area contributed by atoms with Crippen LogP contribution in [0.4, 0.5) is 0 Å². The van der Waals surface area contributed by atoms with Gasteiger partial charge in [0.1, 0.15) is 13.5 Å². The fourth-order valence-corrected chi connectivity index (χ4v) is 5.25. The topological polar surface area (TPSA) is 42.0 Å². The predicted molar refractivity (Wildman–Crippen MR) is 124 cm³/mol. The largest absolute Gasteiger partial charge is 0.353 e. The van der Waals surface area contributed by atoms with Crippen molar-refractivity contribution in [3.05, 3.63) is 29.1 Å². The second-order valence-electron chi connectivity index (χ2n) is 9.93. The van der Waals surface area contributed by atoms with Crippen molar-refractivity contribution < 1.29 is 4.79 Å². The molecule has 1 heterocycles. The van der Waals surface area contributed by atoms with Gasteiger partial charge in [-0.25, -0.2) is 4.98 Å². The van der Waals surface area contributed by atoms with Gasteiger partial charge in [0.25, 0.3) is 5.91 Å². The third-order valence-electron chi connectivity index (χ3n) is 7.23. The molecule has 1 N–H and O–H groups in total. The van der Waals surface area contributed by atoms with Gasteiger partial charge < -0.3 is 5.32 Å². The monoisotopic (exact) mass is 396 g/mol. The van der Waals surface area contributed by atoms with E-state index in [2.05, 4.69) is 25.3 Å². The number of aryl methyl sites for hydroxylation is 1. The SMILES string of the molecule is BC1(NC(=O)c2nc(C3CCCC3)ccc2C)CCCCCCCCCCCC1. The average molecular weight is 396 g/mol. The van der Waals surface area contributed by atoms with E-state index in [9.17, 15) is 4.79 Å². The van der Waals surface area contributed by atoms with E-state index in [-0.39, 0.29) is 11.3 Å². The van der Waals surface area contributed by atoms with E-state index in [1.165, 1.54) is 89.9 Å². The molecule has 0 atom stereocenters. The Kier molecular flexibility index (Phi) is 8.62. The van der Waals surface area contributed by atoms with Crippen LogP contribution in [0.2, 0.25) is 0 Å². The molecule has 3 rings (SSSR count). The second-order valence-corrected chi connectivity index (χ2v) is 9.93. The van der Waals surface area contributed by atoms with Crippen molar-refractivity contribution in [2.75, 3.05) is 0 Å². The van der Waals surface area contributed by atoms with Crippen LogP contribution in [0.3, 0.4) is 0 Å². The van der Waals surface area contributed by atoms with Crippen molar-refractivity contribution in [3.63, 3.8) is 0 Å². The number of hydrogen-bond donors (Lipinski definition) is 1. The van der Waals surface area contributed by atoms with Gasteiger partial charge in [-0.15, -0.1) is 0 Å². The second kappa shape index (κ2) is 11.2. The predicted octanol–water partition coefficient (Wildman–Crippen LogP) is 5.80. The Labute approximate surface area is 179 Å². The summed E-state index contributed by atoms with van der Waals surface area (Å²) in [5.74, 6) is 0.581. The van der Waals surface area contributed by atoms with Crippen molar-refractivity contribution >= 4 is 13.8 Å². The highest BCUT2D eigenvalue weighted by atomic mass is 16.2. The summed E-state index contributed by atoms with van der Waals surface area (Å²) in [6.07, 6.45) is 20.4. The number of pyridine rings is 1. The smallest absolute Gasteiger partial charge is 0.269 e. The summed E-state index contributed by atoms with van der Waals surface area (Å²) in [6.45, 7) is 2.02. The molecule has 2 aliphatic carbocycles. The van der Waals surface area contributed by atoms with Gasteiger partial charge in [0.2, 0.25) is 0 Å². The molecule has 2 aliphatic rings. The van der Waals surface area contributed by atoms with E-state index in [0.717, 1.165) is 24.1 Å². The summed E-state index contributed by atoms with van der Waals surface area (Å²) in [5.41, 5.74) is 2.66. The first-order valence-electron chi connectivity index (χ1n) is 12.4. The van der Waals surface area contributed by atoms with Crippen LogP contribution >= 0.6 is 0 Å². The fourth-order valence-electron chi connectivity index (χ4n) is 5.25. The molecule has 0 spiro atoms. The zero-order valence-corrected chi connectivity index (χ0v) is 18.9. The lowest BCUT2D eigenvalue weighted by Crippen LogP contribution is -2.49. The Hall–Kier alpha value is -1.32. The minimum absolute atomic E-state index is 0.0363. The molecule has 0 aliphatic heterocycles. The van der Waals surface area contributed by atoms with E-state index >= 15 is 0 Å². The van der Waals surface area contributed by atoms with Crippen LogP contribution in [0.5, 0.6) is 0 Å². The minimum atomic E-state index is -0.109. The van der Waals surface area contributed by atoms with Crippen LogP contribution in [-0.4, -0.2) is 24.2 Å². The lowest BCUT2D eigenvalue weighted by Gasteiger charge is -2.32. The molecule has 0 bridgehead atoms. The van der Waals surface area contributed by atoms with E-state index in [1.54, 1.807) is 0 Å². The van der Waals surface area contributed by atoms with E-state index in [4.69, 9.17) is 4.98 Å². The molecular weight excluding hydrogens is 355 g/mol. The van der Waals surface area contributed by atoms with Crippen LogP contribution < -0.4 is 5.32 Å². The van der Waals surface area contributed by atoms with Crippen LogP contribution in [-0.2, 0) is 0 Å². The van der Waals surface area contributed by atoms with E-state index in [1.807, 2.05) is 6.92 Å². The Morgan fingerprint density at radius 3 is 1.97 bits per heavy atom. The van der Waals surface area contributed by atoms with Gasteiger partial charge in [-0.05, 0) is 44.2 Å². The molecule has 3 nitrogen and oxygen atoms in total. The maximum absolute atomic E-state index is 13.3. The fraction of sp³-hybridized carbons (Fsp3) is 0.760. The number of aromatic nitrogens is 1. The van der Waals surface area contributed by atoms with Gasteiger partial charge in [0.15, 0.2) is 0 Å². The number of carbonyl (C=O) groups excluding carboxylic acids is 1. The van der Waals surface area contributed by atoms with Gasteiger partial charge in [-0.1, -0.05) is 83.1 Å². The molecule has 29 heavy (non-hydrogen) atoms. The first-order valence-corrected chi connectivity index (χ1v) is 12.4. The number of carbonyl (C=O) groups is 1. The summed E-state index contributed by atoms with van der Waals surface area (Å²) < 4.78 is 0. The highest BCUT2D eigenvalue weighted by molar-refractivity contribution is 6.17. The van der Waals surface area contributed by atoms with E-state index in [0.29, 0.717) is 11.6 Å². The molecule has 0 unspecified atom stereocenters. The number of nitrogens with one attached hydrogen (secondary N) is 1. The Morgan fingerprint density at radius 1 is 0.897 bits per heavy atom. The first-order chi connectivity index (χ1) is 14.1. The Balaban J connectivity index is 1.67. The third kappa shape index (κ3) is 6.86. The van der Waals surface area contributed by atoms with Crippen molar-refractivity contribution in [2.24, 2.45) is 0 Å². The lowest BCUT2D eigenvalue weighted by atomic mass is 9.70. The normalized spacial score (nSPS) is 22.2. The summed E-state index contributed by atoms with van der Waals surface area (Å²) in [4.78, 5) is 18.1. The number of nitrogens with zero attached hydrogens (tertiary/aromatic N) is 1. The van der Waals surface area contributed by atoms with Crippen LogP contribution in [0, 0.1) is 6.92 Å². The van der Waals surface area contributed by atoms with Gasteiger partial charge in [0, 0.05) is 17.1 Å². The van der Waals surface area contributed by atoms with Crippen molar-refractivity contribution in [2.45, 2.75) is 121 Å². The summed E-state index contributed by atoms with van der Waals surface area (Å²) in [6, 6.07) is 4.24. The highest BCUT2D eigenvalue weighted by Crippen LogP contribution is 2.33. The Bertz CT molecular complexity index is 640. The summed E-state index contributed by atoms with van der Waals surface area (Å²) in [5, 5.41) is 3.44. The van der Waals surface area contributed by atoms with Gasteiger partial charge in [0.05, 0.1) is 0 Å². The number of hydrogen-bond acceptors (Lipinski definition) is 2. The average Bonchev–Trinajstić information content (AvgIpc) is 3.23. The van der Waals surface area contributed by atoms with Gasteiger partial charge in [-0.2, -0.15) is 0 Å². The number of amides is 1. The molecular formula is C25H41BN2O. The Morgan fingerprint density at radius 2 is 1.41 bits per heavy atom. The van der Waals surface area contributed by atoms with Crippen LogP contribution in [0.1, 0.15) is 130 Å². The number of rotatable bonds is 3. The molecule has 4 heteroatoms. The minimum Gasteiger partial charge on any atom is -0.353 e. The molecule has 0 saturated heterocycles. The van der Waals surface area contributed by atoms with Gasteiger partial charge in [-0.3, -0.25) is 4.79 Å². The zero-order chi connectivity index (χ0) is 20.5. The maximum atomic E-state index is 13.3. The summed E-state index contributed by atoms with van der Waals surface area (Å²) in [7, 11) is 2.26. The van der Waals surface area contributed by atoms with Gasteiger partial charge >= 0.3 is 0 Å². The molecule has 2 fully saturated rings. The van der Waals surface area contributed by atoms with Crippen molar-refractivity contribution in [1.29, 1.82) is 0 Å². The molecule has 1 amide bonds.